The molecule has 0 aromatic heterocycles. The summed E-state index contributed by atoms with van der Waals surface area (Å²) < 4.78 is 0. The molecule has 170 valence electrons. The molecule has 6 aromatic carbocycles. The largest absolute Gasteiger partial charge is 0.310 e. The van der Waals surface area contributed by atoms with E-state index >= 15 is 0 Å². The fraction of sp³-hybridized carbons (Fsp3) is 0.0286. The molecule has 0 unspecified atom stereocenters. The van der Waals surface area contributed by atoms with Crippen molar-refractivity contribution in [2.75, 3.05) is 4.90 Å². The van der Waals surface area contributed by atoms with Gasteiger partial charge in [-0.3, -0.25) is 0 Å². The fourth-order valence-corrected chi connectivity index (χ4v) is 6.00. The van der Waals surface area contributed by atoms with Gasteiger partial charge in [0.05, 0.1) is 16.8 Å². The van der Waals surface area contributed by atoms with Gasteiger partial charge in [0.1, 0.15) is 0 Å². The van der Waals surface area contributed by atoms with Gasteiger partial charge in [0, 0.05) is 5.69 Å². The van der Waals surface area contributed by atoms with Crippen LogP contribution in [-0.4, -0.2) is 0 Å². The Hall–Kier alpha value is -4.62. The molecule has 1 aliphatic rings. The van der Waals surface area contributed by atoms with E-state index in [0.29, 0.717) is 0 Å². The molecule has 0 amide bonds. The lowest BCUT2D eigenvalue weighted by Crippen LogP contribution is -2.37. The van der Waals surface area contributed by atoms with Crippen LogP contribution in [0.5, 0.6) is 0 Å². The molecule has 1 nitrogen and oxygen atoms in total. The summed E-state index contributed by atoms with van der Waals surface area (Å²) in [6.45, 7) is 0. The second kappa shape index (κ2) is 8.25. The highest BCUT2D eigenvalue weighted by Gasteiger charge is 2.46. The second-order valence-electron chi connectivity index (χ2n) is 9.38. The third-order valence-corrected chi connectivity index (χ3v) is 7.50. The molecule has 0 aliphatic carbocycles. The molecule has 0 spiro atoms. The van der Waals surface area contributed by atoms with Gasteiger partial charge in [-0.25, -0.2) is 0 Å². The van der Waals surface area contributed by atoms with E-state index in [-0.39, 0.29) is 0 Å². The predicted molar refractivity (Wildman–Crippen MR) is 150 cm³/mol. The Morgan fingerprint density at radius 1 is 0.389 bits per heavy atom. The minimum Gasteiger partial charge on any atom is -0.310 e. The molecule has 0 saturated heterocycles. The molecule has 1 aliphatic heterocycles. The average molecular weight is 460 g/mol. The van der Waals surface area contributed by atoms with Crippen molar-refractivity contribution in [3.8, 4) is 0 Å². The Balaban J connectivity index is 1.64. The molecular weight excluding hydrogens is 434 g/mol. The number of fused-ring (bicyclic) bond motifs is 3. The standard InChI is InChI=1S/C35H25N/c1-3-15-28(16-4-1)35(29-24-23-26-13-7-8-14-27(26)25-29)31-19-9-11-21-33(31)36(30-17-5-2-6-18-30)34-22-12-10-20-32(34)35/h1-25H. The van der Waals surface area contributed by atoms with Gasteiger partial charge in [-0.1, -0.05) is 121 Å². The molecule has 1 heteroatoms. The van der Waals surface area contributed by atoms with Crippen LogP contribution in [0.4, 0.5) is 17.1 Å². The third kappa shape index (κ3) is 2.96. The lowest BCUT2D eigenvalue weighted by atomic mass is 9.62. The highest BCUT2D eigenvalue weighted by atomic mass is 15.2. The van der Waals surface area contributed by atoms with E-state index in [4.69, 9.17) is 0 Å². The zero-order valence-electron chi connectivity index (χ0n) is 19.9. The van der Waals surface area contributed by atoms with Crippen LogP contribution >= 0.6 is 0 Å². The van der Waals surface area contributed by atoms with E-state index < -0.39 is 5.41 Å². The lowest BCUT2D eigenvalue weighted by Gasteiger charge is -2.46. The van der Waals surface area contributed by atoms with Crippen molar-refractivity contribution in [1.29, 1.82) is 0 Å². The fourth-order valence-electron chi connectivity index (χ4n) is 6.00. The van der Waals surface area contributed by atoms with Gasteiger partial charge in [0.15, 0.2) is 0 Å². The van der Waals surface area contributed by atoms with Crippen molar-refractivity contribution in [1.82, 2.24) is 0 Å². The number of benzene rings is 6. The molecule has 0 N–H and O–H groups in total. The smallest absolute Gasteiger partial charge is 0.0742 e. The first-order valence-electron chi connectivity index (χ1n) is 12.5. The van der Waals surface area contributed by atoms with E-state index in [2.05, 4.69) is 157 Å². The first kappa shape index (κ1) is 20.7. The van der Waals surface area contributed by atoms with Crippen LogP contribution in [-0.2, 0) is 5.41 Å². The second-order valence-corrected chi connectivity index (χ2v) is 9.38. The van der Waals surface area contributed by atoms with E-state index in [1.165, 1.54) is 44.4 Å². The van der Waals surface area contributed by atoms with Crippen molar-refractivity contribution < 1.29 is 0 Å². The number of rotatable bonds is 3. The highest BCUT2D eigenvalue weighted by molar-refractivity contribution is 5.91. The molecule has 36 heavy (non-hydrogen) atoms. The average Bonchev–Trinajstić information content (AvgIpc) is 2.96. The van der Waals surface area contributed by atoms with E-state index in [1.807, 2.05) is 0 Å². The molecule has 0 fully saturated rings. The zero-order chi connectivity index (χ0) is 24.0. The van der Waals surface area contributed by atoms with Gasteiger partial charge < -0.3 is 4.90 Å². The first-order valence-corrected chi connectivity index (χ1v) is 12.5. The Kier molecular flexibility index (Phi) is 4.75. The maximum absolute atomic E-state index is 2.41. The van der Waals surface area contributed by atoms with Gasteiger partial charge >= 0.3 is 0 Å². The summed E-state index contributed by atoms with van der Waals surface area (Å²) in [6, 6.07) is 55.1. The Morgan fingerprint density at radius 3 is 1.58 bits per heavy atom. The van der Waals surface area contributed by atoms with E-state index in [0.717, 1.165) is 5.69 Å². The summed E-state index contributed by atoms with van der Waals surface area (Å²) in [4.78, 5) is 2.41. The number of para-hydroxylation sites is 3. The van der Waals surface area contributed by atoms with Crippen LogP contribution in [0.1, 0.15) is 22.3 Å². The molecule has 0 atom stereocenters. The first-order chi connectivity index (χ1) is 17.9. The zero-order valence-corrected chi connectivity index (χ0v) is 19.9. The van der Waals surface area contributed by atoms with Gasteiger partial charge in [-0.05, 0) is 63.4 Å². The van der Waals surface area contributed by atoms with E-state index in [1.54, 1.807) is 0 Å². The summed E-state index contributed by atoms with van der Waals surface area (Å²) in [5.74, 6) is 0. The molecule has 7 rings (SSSR count). The van der Waals surface area contributed by atoms with Crippen molar-refractivity contribution >= 4 is 27.8 Å². The van der Waals surface area contributed by atoms with Crippen molar-refractivity contribution in [2.45, 2.75) is 5.41 Å². The predicted octanol–water partition coefficient (Wildman–Crippen LogP) is 9.01. The van der Waals surface area contributed by atoms with Gasteiger partial charge in [0.2, 0.25) is 0 Å². The van der Waals surface area contributed by atoms with Gasteiger partial charge in [0.25, 0.3) is 0 Å². The summed E-state index contributed by atoms with van der Waals surface area (Å²) in [5.41, 5.74) is 8.25. The van der Waals surface area contributed by atoms with Gasteiger partial charge in [-0.15, -0.1) is 0 Å². The van der Waals surface area contributed by atoms with Crippen LogP contribution in [0, 0.1) is 0 Å². The van der Waals surface area contributed by atoms with Gasteiger partial charge in [-0.2, -0.15) is 0 Å². The molecular formula is C35H25N. The molecule has 6 aromatic rings. The molecule has 0 saturated carbocycles. The van der Waals surface area contributed by atoms with E-state index in [9.17, 15) is 0 Å². The summed E-state index contributed by atoms with van der Waals surface area (Å²) >= 11 is 0. The Bertz CT molecular complexity index is 1640. The number of anilines is 3. The topological polar surface area (TPSA) is 3.24 Å². The molecule has 0 radical (unpaired) electrons. The van der Waals surface area contributed by atoms with Crippen molar-refractivity contribution in [3.05, 3.63) is 174 Å². The van der Waals surface area contributed by atoms with Crippen LogP contribution in [0.25, 0.3) is 10.8 Å². The van der Waals surface area contributed by atoms with Crippen LogP contribution < -0.4 is 4.90 Å². The van der Waals surface area contributed by atoms with Crippen molar-refractivity contribution in [2.24, 2.45) is 0 Å². The van der Waals surface area contributed by atoms with Crippen LogP contribution in [0.15, 0.2) is 152 Å². The maximum atomic E-state index is 2.41. The minimum absolute atomic E-state index is 0.455. The number of hydrogen-bond acceptors (Lipinski definition) is 1. The maximum Gasteiger partial charge on any atom is 0.0742 e. The molecule has 1 heterocycles. The number of nitrogens with zero attached hydrogens (tertiary/aromatic N) is 1. The molecule has 0 bridgehead atoms. The van der Waals surface area contributed by atoms with Crippen LogP contribution in [0.2, 0.25) is 0 Å². The highest BCUT2D eigenvalue weighted by Crippen LogP contribution is 2.57. The van der Waals surface area contributed by atoms with Crippen molar-refractivity contribution in [3.63, 3.8) is 0 Å². The van der Waals surface area contributed by atoms with Crippen LogP contribution in [0.3, 0.4) is 0 Å². The quantitative estimate of drug-likeness (QED) is 0.255. The minimum atomic E-state index is -0.455. The SMILES string of the molecule is c1ccc(N2c3ccccc3C(c3ccccc3)(c3ccc4ccccc4c3)c3ccccc32)cc1. The summed E-state index contributed by atoms with van der Waals surface area (Å²) in [6.07, 6.45) is 0. The third-order valence-electron chi connectivity index (χ3n) is 7.50. The normalized spacial score (nSPS) is 13.7. The summed E-state index contributed by atoms with van der Waals surface area (Å²) in [7, 11) is 0. The lowest BCUT2D eigenvalue weighted by molar-refractivity contribution is 0.732. The summed E-state index contributed by atoms with van der Waals surface area (Å²) in [5, 5.41) is 2.51. The monoisotopic (exact) mass is 459 g/mol. The number of hydrogen-bond donors (Lipinski definition) is 0. The Labute approximate surface area is 211 Å². The Morgan fingerprint density at radius 2 is 0.917 bits per heavy atom.